The van der Waals surface area contributed by atoms with Crippen molar-refractivity contribution in [2.75, 3.05) is 0 Å². The number of hydrogen-bond donors (Lipinski definition) is 0. The predicted molar refractivity (Wildman–Crippen MR) is 51.1 cm³/mol. The van der Waals surface area contributed by atoms with Crippen molar-refractivity contribution in [3.8, 4) is 0 Å². The number of fused-ring (bicyclic) bond motifs is 3. The summed E-state index contributed by atoms with van der Waals surface area (Å²) >= 11 is 6.06. The molecule has 0 aliphatic rings. The van der Waals surface area contributed by atoms with Gasteiger partial charge >= 0.3 is 0 Å². The molecular formula is C8H4ClN5. The molecule has 0 aliphatic carbocycles. The molecule has 14 heavy (non-hydrogen) atoms. The van der Waals surface area contributed by atoms with Crippen molar-refractivity contribution in [3.63, 3.8) is 0 Å². The van der Waals surface area contributed by atoms with E-state index in [1.165, 1.54) is 4.63 Å². The quantitative estimate of drug-likeness (QED) is 0.556. The number of nitrogens with zero attached hydrogens (tertiary/aromatic N) is 5. The van der Waals surface area contributed by atoms with Gasteiger partial charge in [0.15, 0.2) is 0 Å². The molecule has 0 atom stereocenters. The molecule has 3 aromatic rings. The number of aromatic nitrogens is 5. The van der Waals surface area contributed by atoms with Gasteiger partial charge in [-0.15, -0.1) is 9.73 Å². The molecule has 0 bridgehead atoms. The Balaban J connectivity index is 2.67. The van der Waals surface area contributed by atoms with Gasteiger partial charge in [0, 0.05) is 5.39 Å². The van der Waals surface area contributed by atoms with Crippen LogP contribution in [0.5, 0.6) is 0 Å². The molecule has 0 radical (unpaired) electrons. The molecule has 68 valence electrons. The monoisotopic (exact) mass is 205 g/mol. The first-order chi connectivity index (χ1) is 6.86. The maximum atomic E-state index is 6.06. The van der Waals surface area contributed by atoms with Crippen LogP contribution in [0, 0.1) is 0 Å². The second-order valence-electron chi connectivity index (χ2n) is 2.84. The molecule has 2 aromatic heterocycles. The van der Waals surface area contributed by atoms with E-state index in [0.717, 1.165) is 10.8 Å². The zero-order chi connectivity index (χ0) is 9.54. The van der Waals surface area contributed by atoms with E-state index in [0.29, 0.717) is 10.7 Å². The lowest BCUT2D eigenvalue weighted by molar-refractivity contribution is 0.736. The van der Waals surface area contributed by atoms with Crippen molar-refractivity contribution >= 4 is 28.0 Å². The summed E-state index contributed by atoms with van der Waals surface area (Å²) < 4.78 is 1.36. The summed E-state index contributed by atoms with van der Waals surface area (Å²) in [5.74, 6) is 0. The normalized spacial score (nSPS) is 11.2. The molecular weight excluding hydrogens is 202 g/mol. The minimum atomic E-state index is 0.577. The van der Waals surface area contributed by atoms with Crippen molar-refractivity contribution in [1.82, 2.24) is 25.3 Å². The molecule has 5 nitrogen and oxygen atoms in total. The van der Waals surface area contributed by atoms with Gasteiger partial charge in [-0.2, -0.15) is 5.10 Å². The van der Waals surface area contributed by atoms with E-state index in [1.807, 2.05) is 12.1 Å². The lowest BCUT2D eigenvalue weighted by Gasteiger charge is -1.98. The molecule has 2 heterocycles. The van der Waals surface area contributed by atoms with Gasteiger partial charge in [0.25, 0.3) is 0 Å². The highest BCUT2D eigenvalue weighted by atomic mass is 35.5. The van der Waals surface area contributed by atoms with Crippen LogP contribution < -0.4 is 0 Å². The summed E-state index contributed by atoms with van der Waals surface area (Å²) in [6.45, 7) is 0. The van der Waals surface area contributed by atoms with Crippen LogP contribution in [-0.4, -0.2) is 25.3 Å². The van der Waals surface area contributed by atoms with Gasteiger partial charge in [0.05, 0.1) is 16.6 Å². The first-order valence-electron chi connectivity index (χ1n) is 3.98. The molecule has 6 heteroatoms. The van der Waals surface area contributed by atoms with Gasteiger partial charge in [0.2, 0.25) is 5.65 Å². The van der Waals surface area contributed by atoms with Crippen LogP contribution in [0.25, 0.3) is 16.4 Å². The zero-order valence-electron chi connectivity index (χ0n) is 6.92. The fourth-order valence-corrected chi connectivity index (χ4v) is 1.68. The van der Waals surface area contributed by atoms with E-state index in [9.17, 15) is 0 Å². The molecule has 0 saturated carbocycles. The summed E-state index contributed by atoms with van der Waals surface area (Å²) in [5, 5.41) is 17.5. The summed E-state index contributed by atoms with van der Waals surface area (Å²) in [5.41, 5.74) is 0.577. The summed E-state index contributed by atoms with van der Waals surface area (Å²) in [4.78, 5) is 0. The standard InChI is InChI=1S/C8H4ClN5/c9-6-3-1-2-5-4-10-14-8(7(5)6)11-12-13-14/h1-4H. The van der Waals surface area contributed by atoms with Gasteiger partial charge in [0.1, 0.15) is 0 Å². The Morgan fingerprint density at radius 2 is 2.21 bits per heavy atom. The second-order valence-corrected chi connectivity index (χ2v) is 3.25. The molecule has 3 rings (SSSR count). The average Bonchev–Trinajstić information content (AvgIpc) is 2.65. The van der Waals surface area contributed by atoms with Crippen LogP contribution in [0.15, 0.2) is 24.4 Å². The lowest BCUT2D eigenvalue weighted by atomic mass is 10.2. The van der Waals surface area contributed by atoms with Crippen molar-refractivity contribution in [2.45, 2.75) is 0 Å². The molecule has 0 unspecified atom stereocenters. The first kappa shape index (κ1) is 7.64. The fourth-order valence-electron chi connectivity index (χ4n) is 1.41. The SMILES string of the molecule is Clc1cccc2cnn3nnnc3c12. The maximum absolute atomic E-state index is 6.06. The van der Waals surface area contributed by atoms with E-state index >= 15 is 0 Å². The number of tetrazole rings is 1. The van der Waals surface area contributed by atoms with Crippen LogP contribution in [0.3, 0.4) is 0 Å². The van der Waals surface area contributed by atoms with Crippen molar-refractivity contribution < 1.29 is 0 Å². The van der Waals surface area contributed by atoms with Gasteiger partial charge in [-0.3, -0.25) is 0 Å². The van der Waals surface area contributed by atoms with Crippen LogP contribution in [0.1, 0.15) is 0 Å². The van der Waals surface area contributed by atoms with Crippen molar-refractivity contribution in [2.24, 2.45) is 0 Å². The molecule has 0 fully saturated rings. The number of hydrogen-bond acceptors (Lipinski definition) is 4. The maximum Gasteiger partial charge on any atom is 0.209 e. The number of rotatable bonds is 0. The molecule has 0 aliphatic heterocycles. The topological polar surface area (TPSA) is 56.0 Å². The molecule has 0 spiro atoms. The highest BCUT2D eigenvalue weighted by Crippen LogP contribution is 2.24. The summed E-state index contributed by atoms with van der Waals surface area (Å²) in [6.07, 6.45) is 1.69. The predicted octanol–water partition coefficient (Wildman–Crippen LogP) is 1.33. The van der Waals surface area contributed by atoms with Gasteiger partial charge < -0.3 is 0 Å². The zero-order valence-corrected chi connectivity index (χ0v) is 7.68. The Bertz CT molecular complexity index is 617. The molecule has 0 saturated heterocycles. The van der Waals surface area contributed by atoms with Crippen LogP contribution in [0.2, 0.25) is 5.02 Å². The van der Waals surface area contributed by atoms with Gasteiger partial charge in [-0.25, -0.2) is 0 Å². The van der Waals surface area contributed by atoms with Crippen LogP contribution >= 0.6 is 11.6 Å². The van der Waals surface area contributed by atoms with E-state index in [4.69, 9.17) is 11.6 Å². The fraction of sp³-hybridized carbons (Fsp3) is 0. The third-order valence-electron chi connectivity index (χ3n) is 2.03. The Morgan fingerprint density at radius 3 is 3.14 bits per heavy atom. The van der Waals surface area contributed by atoms with E-state index in [-0.39, 0.29) is 0 Å². The Hall–Kier alpha value is -1.75. The number of benzene rings is 1. The Morgan fingerprint density at radius 1 is 1.29 bits per heavy atom. The average molecular weight is 206 g/mol. The summed E-state index contributed by atoms with van der Waals surface area (Å²) in [7, 11) is 0. The highest BCUT2D eigenvalue weighted by Gasteiger charge is 2.07. The third kappa shape index (κ3) is 0.898. The number of halogens is 1. The third-order valence-corrected chi connectivity index (χ3v) is 2.34. The van der Waals surface area contributed by atoms with Crippen molar-refractivity contribution in [1.29, 1.82) is 0 Å². The molecule has 1 aromatic carbocycles. The largest absolute Gasteiger partial charge is 0.209 e. The van der Waals surface area contributed by atoms with Crippen molar-refractivity contribution in [3.05, 3.63) is 29.4 Å². The second kappa shape index (κ2) is 2.62. The minimum Gasteiger partial charge on any atom is -0.155 e. The van der Waals surface area contributed by atoms with Gasteiger partial charge in [-0.1, -0.05) is 23.7 Å². The van der Waals surface area contributed by atoms with E-state index < -0.39 is 0 Å². The first-order valence-corrected chi connectivity index (χ1v) is 4.36. The smallest absolute Gasteiger partial charge is 0.155 e. The highest BCUT2D eigenvalue weighted by molar-refractivity contribution is 6.36. The summed E-state index contributed by atoms with van der Waals surface area (Å²) in [6, 6.07) is 5.59. The molecule has 0 amide bonds. The molecule has 0 N–H and O–H groups in total. The van der Waals surface area contributed by atoms with E-state index in [1.54, 1.807) is 12.3 Å². The van der Waals surface area contributed by atoms with Crippen LogP contribution in [0.4, 0.5) is 0 Å². The Labute approximate surface area is 83.3 Å². The van der Waals surface area contributed by atoms with Gasteiger partial charge in [-0.05, 0) is 16.5 Å². The lowest BCUT2D eigenvalue weighted by Crippen LogP contribution is -1.94. The van der Waals surface area contributed by atoms with E-state index in [2.05, 4.69) is 20.6 Å². The Kier molecular flexibility index (Phi) is 1.43. The minimum absolute atomic E-state index is 0.577. The van der Waals surface area contributed by atoms with Crippen LogP contribution in [-0.2, 0) is 0 Å².